The number of halogens is 1. The van der Waals surface area contributed by atoms with Crippen molar-refractivity contribution in [3.8, 4) is 0 Å². The number of ketones is 1. The quantitative estimate of drug-likeness (QED) is 0.184. The molecule has 0 amide bonds. The molecule has 1 unspecified atom stereocenters. The number of ether oxygens (including phenoxy) is 2. The van der Waals surface area contributed by atoms with Gasteiger partial charge in [-0.2, -0.15) is 0 Å². The molecule has 206 valence electrons. The zero-order chi connectivity index (χ0) is 28.0. The van der Waals surface area contributed by atoms with Gasteiger partial charge in [0, 0.05) is 29.0 Å². The molecule has 0 N–H and O–H groups in total. The van der Waals surface area contributed by atoms with E-state index in [1.54, 1.807) is 0 Å². The van der Waals surface area contributed by atoms with Gasteiger partial charge < -0.3 is 9.47 Å². The number of Topliss-reactive ketones (excluding diaryl/α,β-unsaturated/α-hetero) is 1. The van der Waals surface area contributed by atoms with E-state index in [-0.39, 0.29) is 12.1 Å². The van der Waals surface area contributed by atoms with Crippen LogP contribution in [0.1, 0.15) is 78.7 Å². The van der Waals surface area contributed by atoms with Crippen LogP contribution in [0, 0.1) is 0 Å². The highest BCUT2D eigenvalue weighted by Crippen LogP contribution is 2.32. The van der Waals surface area contributed by atoms with E-state index in [2.05, 4.69) is 43.1 Å². The van der Waals surface area contributed by atoms with Crippen molar-refractivity contribution in [1.29, 1.82) is 0 Å². The molecule has 1 aromatic heterocycles. The standard InChI is InChI=1S/C35H36ClNO3/c1-35(2,40-34-15-5-6-22-39-34)31-13-4-3-10-26(31)11-8-14-33(38)28-12-7-9-25(23-28)16-20-30-21-18-27-17-19-29(36)24-32(27)37-30/h3-4,7,9-10,12-13,16-21,23-24,34H,5-6,8,11,14-15,22H2,1-2H3. The Morgan fingerprint density at radius 3 is 2.73 bits per heavy atom. The molecule has 1 saturated heterocycles. The van der Waals surface area contributed by atoms with Gasteiger partial charge in [-0.25, -0.2) is 4.98 Å². The Hall–Kier alpha value is -3.31. The molecule has 0 saturated carbocycles. The highest BCUT2D eigenvalue weighted by Gasteiger charge is 2.29. The molecule has 1 aliphatic rings. The molecule has 3 aromatic carbocycles. The maximum absolute atomic E-state index is 13.1. The van der Waals surface area contributed by atoms with Gasteiger partial charge in [0.1, 0.15) is 0 Å². The fourth-order valence-corrected chi connectivity index (χ4v) is 5.47. The second-order valence-corrected chi connectivity index (χ2v) is 11.3. The van der Waals surface area contributed by atoms with Crippen molar-refractivity contribution in [2.75, 3.05) is 6.61 Å². The third kappa shape index (κ3) is 7.25. The highest BCUT2D eigenvalue weighted by molar-refractivity contribution is 6.31. The van der Waals surface area contributed by atoms with Crippen LogP contribution < -0.4 is 0 Å². The monoisotopic (exact) mass is 553 g/mol. The van der Waals surface area contributed by atoms with E-state index in [9.17, 15) is 4.79 Å². The van der Waals surface area contributed by atoms with E-state index in [0.717, 1.165) is 72.0 Å². The van der Waals surface area contributed by atoms with Gasteiger partial charge in [0.15, 0.2) is 12.1 Å². The number of aromatic nitrogens is 1. The number of nitrogens with zero attached hydrogens (tertiary/aromatic N) is 1. The van der Waals surface area contributed by atoms with Crippen molar-refractivity contribution < 1.29 is 14.3 Å². The molecule has 1 aliphatic heterocycles. The number of fused-ring (bicyclic) bond motifs is 1. The number of carbonyl (C=O) groups excluding carboxylic acids is 1. The molecular formula is C35H36ClNO3. The molecule has 0 spiro atoms. The van der Waals surface area contributed by atoms with Crippen molar-refractivity contribution in [2.24, 2.45) is 0 Å². The Morgan fingerprint density at radius 2 is 1.88 bits per heavy atom. The van der Waals surface area contributed by atoms with Crippen molar-refractivity contribution in [3.05, 3.63) is 112 Å². The Morgan fingerprint density at radius 1 is 1.02 bits per heavy atom. The summed E-state index contributed by atoms with van der Waals surface area (Å²) >= 11 is 6.13. The van der Waals surface area contributed by atoms with Crippen LogP contribution in [0.5, 0.6) is 0 Å². The van der Waals surface area contributed by atoms with Crippen LogP contribution in [-0.2, 0) is 21.5 Å². The number of hydrogen-bond donors (Lipinski definition) is 0. The van der Waals surface area contributed by atoms with Gasteiger partial charge in [0.2, 0.25) is 0 Å². The fourth-order valence-electron chi connectivity index (χ4n) is 5.30. The largest absolute Gasteiger partial charge is 0.353 e. The molecule has 0 radical (unpaired) electrons. The van der Waals surface area contributed by atoms with Crippen molar-refractivity contribution >= 4 is 40.4 Å². The average molecular weight is 554 g/mol. The van der Waals surface area contributed by atoms with Crippen LogP contribution in [0.4, 0.5) is 0 Å². The maximum atomic E-state index is 13.1. The molecule has 5 rings (SSSR count). The molecule has 40 heavy (non-hydrogen) atoms. The minimum atomic E-state index is -0.463. The van der Waals surface area contributed by atoms with E-state index in [1.807, 2.05) is 66.7 Å². The molecule has 5 heteroatoms. The van der Waals surface area contributed by atoms with E-state index < -0.39 is 5.60 Å². The zero-order valence-electron chi connectivity index (χ0n) is 23.2. The Balaban J connectivity index is 1.20. The van der Waals surface area contributed by atoms with Gasteiger partial charge >= 0.3 is 0 Å². The summed E-state index contributed by atoms with van der Waals surface area (Å²) in [6, 6.07) is 25.9. The SMILES string of the molecule is CC(C)(OC1CCCCO1)c1ccccc1CCCC(=O)c1cccc(C=Cc2ccc3ccc(Cl)cc3n2)c1. The number of pyridine rings is 1. The Bertz CT molecular complexity index is 1500. The fraction of sp³-hybridized carbons (Fsp3) is 0.314. The Kier molecular flexibility index (Phi) is 9.11. The smallest absolute Gasteiger partial charge is 0.162 e. The van der Waals surface area contributed by atoms with Gasteiger partial charge in [0.25, 0.3) is 0 Å². The van der Waals surface area contributed by atoms with Crippen LogP contribution >= 0.6 is 11.6 Å². The molecule has 0 bridgehead atoms. The van der Waals surface area contributed by atoms with E-state index >= 15 is 0 Å². The number of aryl methyl sites for hydroxylation is 1. The first-order valence-electron chi connectivity index (χ1n) is 14.1. The van der Waals surface area contributed by atoms with Crippen LogP contribution in [0.25, 0.3) is 23.1 Å². The van der Waals surface area contributed by atoms with E-state index in [0.29, 0.717) is 11.4 Å². The maximum Gasteiger partial charge on any atom is 0.162 e. The molecule has 4 nitrogen and oxygen atoms in total. The van der Waals surface area contributed by atoms with Crippen LogP contribution in [-0.4, -0.2) is 23.7 Å². The number of carbonyl (C=O) groups is 1. The lowest BCUT2D eigenvalue weighted by molar-refractivity contribution is -0.219. The third-order valence-electron chi connectivity index (χ3n) is 7.41. The number of benzene rings is 3. The predicted molar refractivity (Wildman–Crippen MR) is 164 cm³/mol. The van der Waals surface area contributed by atoms with Crippen LogP contribution in [0.3, 0.4) is 0 Å². The number of rotatable bonds is 10. The molecule has 2 heterocycles. The third-order valence-corrected chi connectivity index (χ3v) is 7.65. The van der Waals surface area contributed by atoms with Crippen molar-refractivity contribution in [3.63, 3.8) is 0 Å². The molecular weight excluding hydrogens is 518 g/mol. The summed E-state index contributed by atoms with van der Waals surface area (Å²) in [6.07, 6.45) is 9.04. The van der Waals surface area contributed by atoms with Gasteiger partial charge in [-0.15, -0.1) is 0 Å². The van der Waals surface area contributed by atoms with Crippen molar-refractivity contribution in [2.45, 2.75) is 64.3 Å². The minimum absolute atomic E-state index is 0.150. The molecule has 0 aliphatic carbocycles. The highest BCUT2D eigenvalue weighted by atomic mass is 35.5. The number of hydrogen-bond acceptors (Lipinski definition) is 4. The summed E-state index contributed by atoms with van der Waals surface area (Å²) in [5, 5.41) is 1.72. The van der Waals surface area contributed by atoms with Crippen LogP contribution in [0.2, 0.25) is 5.02 Å². The lowest BCUT2D eigenvalue weighted by atomic mass is 9.90. The van der Waals surface area contributed by atoms with Gasteiger partial charge in [-0.3, -0.25) is 4.79 Å². The predicted octanol–water partition coefficient (Wildman–Crippen LogP) is 9.04. The van der Waals surface area contributed by atoms with Crippen LogP contribution in [0.15, 0.2) is 78.9 Å². The van der Waals surface area contributed by atoms with Gasteiger partial charge in [0.05, 0.1) is 16.8 Å². The molecule has 1 fully saturated rings. The minimum Gasteiger partial charge on any atom is -0.353 e. The lowest BCUT2D eigenvalue weighted by Gasteiger charge is -2.34. The first kappa shape index (κ1) is 28.2. The van der Waals surface area contributed by atoms with E-state index in [4.69, 9.17) is 21.1 Å². The summed E-state index contributed by atoms with van der Waals surface area (Å²) in [7, 11) is 0. The molecule has 4 aromatic rings. The first-order chi connectivity index (χ1) is 19.4. The normalized spacial score (nSPS) is 16.0. The second kappa shape index (κ2) is 12.9. The Labute approximate surface area is 242 Å². The lowest BCUT2D eigenvalue weighted by Crippen LogP contribution is -2.33. The summed E-state index contributed by atoms with van der Waals surface area (Å²) in [5.41, 5.74) is 5.31. The van der Waals surface area contributed by atoms with E-state index in [1.165, 1.54) is 5.56 Å². The first-order valence-corrected chi connectivity index (χ1v) is 14.5. The summed E-state index contributed by atoms with van der Waals surface area (Å²) < 4.78 is 12.2. The summed E-state index contributed by atoms with van der Waals surface area (Å²) in [4.78, 5) is 17.8. The topological polar surface area (TPSA) is 48.4 Å². The summed E-state index contributed by atoms with van der Waals surface area (Å²) in [5.74, 6) is 0.150. The van der Waals surface area contributed by atoms with Gasteiger partial charge in [-0.1, -0.05) is 72.3 Å². The molecule has 1 atom stereocenters. The summed E-state index contributed by atoms with van der Waals surface area (Å²) in [6.45, 7) is 4.98. The zero-order valence-corrected chi connectivity index (χ0v) is 24.0. The second-order valence-electron chi connectivity index (χ2n) is 10.9. The van der Waals surface area contributed by atoms with Gasteiger partial charge in [-0.05, 0) is 93.0 Å². The average Bonchev–Trinajstić information content (AvgIpc) is 2.96. The van der Waals surface area contributed by atoms with Crippen molar-refractivity contribution in [1.82, 2.24) is 4.98 Å².